The average molecular weight is 963 g/mol. The summed E-state index contributed by atoms with van der Waals surface area (Å²) in [5, 5.41) is 8.63. The zero-order chi connectivity index (χ0) is 49.7. The number of fused-ring (bicyclic) bond motifs is 7. The van der Waals surface area contributed by atoms with Gasteiger partial charge < -0.3 is 14.4 Å². The van der Waals surface area contributed by atoms with Crippen LogP contribution in [0.3, 0.4) is 0 Å². The van der Waals surface area contributed by atoms with Gasteiger partial charge in [-0.3, -0.25) is 19.9 Å². The predicted molar refractivity (Wildman–Crippen MR) is 304 cm³/mol. The highest BCUT2D eigenvalue weighted by Crippen LogP contribution is 2.47. The molecule has 0 spiro atoms. The summed E-state index contributed by atoms with van der Waals surface area (Å²) in [5.41, 5.74) is 11.5. The first-order chi connectivity index (χ1) is 37.2. The number of anilines is 6. The molecule has 0 saturated carbocycles. The van der Waals surface area contributed by atoms with Gasteiger partial charge in [0.05, 0.1) is 40.5 Å². The molecule has 0 amide bonds. The second-order valence-corrected chi connectivity index (χ2v) is 18.3. The molecule has 0 aliphatic heterocycles. The summed E-state index contributed by atoms with van der Waals surface area (Å²) >= 11 is 0. The van der Waals surface area contributed by atoms with E-state index < -0.39 is 0 Å². The Balaban J connectivity index is 1.04. The van der Waals surface area contributed by atoms with Gasteiger partial charge in [-0.15, -0.1) is 0 Å². The van der Waals surface area contributed by atoms with E-state index >= 15 is 0 Å². The third-order valence-electron chi connectivity index (χ3n) is 13.9. The van der Waals surface area contributed by atoms with Crippen molar-refractivity contribution in [3.63, 3.8) is 0 Å². The lowest BCUT2D eigenvalue weighted by atomic mass is 10.0. The smallest absolute Gasteiger partial charge is 0.164 e. The highest BCUT2D eigenvalue weighted by atomic mass is 15.2. The maximum atomic E-state index is 5.34. The lowest BCUT2D eigenvalue weighted by Gasteiger charge is -2.27. The molecular weight excluding hydrogens is 921 g/mol. The van der Waals surface area contributed by atoms with Gasteiger partial charge in [0.1, 0.15) is 0 Å². The van der Waals surface area contributed by atoms with Crippen LogP contribution in [0.2, 0.25) is 0 Å². The van der Waals surface area contributed by atoms with Crippen LogP contribution < -0.4 is 9.80 Å². The van der Waals surface area contributed by atoms with Crippen LogP contribution in [0.15, 0.2) is 256 Å². The molecule has 0 aliphatic rings. The second kappa shape index (κ2) is 18.3. The van der Waals surface area contributed by atoms with Gasteiger partial charge >= 0.3 is 0 Å². The number of pyridine rings is 4. The molecular formula is C65H42N10. The fourth-order valence-electron chi connectivity index (χ4n) is 10.6. The van der Waals surface area contributed by atoms with E-state index in [9.17, 15) is 0 Å². The quantitative estimate of drug-likeness (QED) is 0.133. The fourth-order valence-corrected chi connectivity index (χ4v) is 10.6. The van der Waals surface area contributed by atoms with Gasteiger partial charge in [-0.2, -0.15) is 0 Å². The Kier molecular flexibility index (Phi) is 10.6. The van der Waals surface area contributed by atoms with E-state index in [0.29, 0.717) is 17.5 Å². The molecule has 10 heteroatoms. The van der Waals surface area contributed by atoms with Gasteiger partial charge in [0.25, 0.3) is 0 Å². The molecule has 0 aliphatic carbocycles. The van der Waals surface area contributed by atoms with Crippen molar-refractivity contribution in [2.45, 2.75) is 0 Å². The van der Waals surface area contributed by atoms with E-state index in [1.807, 2.05) is 79.8 Å². The van der Waals surface area contributed by atoms with Gasteiger partial charge in [-0.05, 0) is 106 Å². The van der Waals surface area contributed by atoms with E-state index in [1.54, 1.807) is 6.20 Å². The molecule has 0 bridgehead atoms. The first-order valence-corrected chi connectivity index (χ1v) is 24.8. The Morgan fingerprint density at radius 3 is 1.49 bits per heavy atom. The lowest BCUT2D eigenvalue weighted by molar-refractivity contribution is 1.08. The molecule has 14 rings (SSSR count). The normalized spacial score (nSPS) is 11.5. The zero-order valence-electron chi connectivity index (χ0n) is 40.2. The lowest BCUT2D eigenvalue weighted by Crippen LogP contribution is -2.11. The van der Waals surface area contributed by atoms with Gasteiger partial charge in [0.2, 0.25) is 0 Å². The van der Waals surface area contributed by atoms with Crippen molar-refractivity contribution in [2.24, 2.45) is 0 Å². The van der Waals surface area contributed by atoms with Gasteiger partial charge in [-0.1, -0.05) is 121 Å². The maximum Gasteiger partial charge on any atom is 0.164 e. The van der Waals surface area contributed by atoms with E-state index in [-0.39, 0.29) is 0 Å². The molecule has 0 N–H and O–H groups in total. The largest absolute Gasteiger partial charge is 0.309 e. The second-order valence-electron chi connectivity index (χ2n) is 18.3. The molecule has 6 aromatic heterocycles. The molecule has 10 nitrogen and oxygen atoms in total. The third kappa shape index (κ3) is 7.64. The minimum atomic E-state index is 0.571. The van der Waals surface area contributed by atoms with Crippen LogP contribution in [0, 0.1) is 0 Å². The molecule has 0 atom stereocenters. The Morgan fingerprint density at radius 2 is 0.867 bits per heavy atom. The summed E-state index contributed by atoms with van der Waals surface area (Å²) in [6.07, 6.45) is 14.7. The van der Waals surface area contributed by atoms with E-state index in [0.717, 1.165) is 111 Å². The van der Waals surface area contributed by atoms with Gasteiger partial charge in [0, 0.05) is 98.2 Å². The SMILES string of the molecule is c1cncc(N(c2ccncc2)c2ccc3c(c2)c2cc(N(c4ccncc4)c4cccnc4)c4ccccc4c2n3-c2cccc(-c3nc(-c4cccc5ccccc45)nc(-c4cccc5ccccc45)n3)c2)c1. The number of aromatic nitrogens is 8. The summed E-state index contributed by atoms with van der Waals surface area (Å²) < 4.78 is 2.39. The van der Waals surface area contributed by atoms with E-state index in [2.05, 4.69) is 204 Å². The fraction of sp³-hybridized carbons (Fsp3) is 0. The van der Waals surface area contributed by atoms with Crippen molar-refractivity contribution in [3.05, 3.63) is 256 Å². The highest BCUT2D eigenvalue weighted by molar-refractivity contribution is 6.23. The first-order valence-electron chi connectivity index (χ1n) is 24.8. The Labute approximate surface area is 431 Å². The summed E-state index contributed by atoms with van der Waals surface area (Å²) in [7, 11) is 0. The molecule has 352 valence electrons. The van der Waals surface area contributed by atoms with Crippen LogP contribution in [-0.4, -0.2) is 39.5 Å². The molecule has 0 fully saturated rings. The van der Waals surface area contributed by atoms with Crippen LogP contribution in [0.1, 0.15) is 0 Å². The molecule has 0 unspecified atom stereocenters. The minimum absolute atomic E-state index is 0.571. The van der Waals surface area contributed by atoms with Crippen molar-refractivity contribution < 1.29 is 0 Å². The molecule has 8 aromatic carbocycles. The van der Waals surface area contributed by atoms with Crippen molar-refractivity contribution in [3.8, 4) is 39.9 Å². The van der Waals surface area contributed by atoms with Gasteiger partial charge in [-0.25, -0.2) is 15.0 Å². The summed E-state index contributed by atoms with van der Waals surface area (Å²) in [6, 6.07) is 71.9. The zero-order valence-corrected chi connectivity index (χ0v) is 40.2. The van der Waals surface area contributed by atoms with Crippen molar-refractivity contribution in [1.29, 1.82) is 0 Å². The average Bonchev–Trinajstić information content (AvgIpc) is 3.85. The Morgan fingerprint density at radius 1 is 0.320 bits per heavy atom. The number of hydrogen-bond donors (Lipinski definition) is 0. The highest BCUT2D eigenvalue weighted by Gasteiger charge is 2.24. The monoisotopic (exact) mass is 962 g/mol. The number of benzene rings is 8. The molecule has 75 heavy (non-hydrogen) atoms. The van der Waals surface area contributed by atoms with Crippen molar-refractivity contribution in [1.82, 2.24) is 39.5 Å². The Bertz CT molecular complexity index is 4250. The van der Waals surface area contributed by atoms with E-state index in [1.165, 1.54) is 0 Å². The van der Waals surface area contributed by atoms with Crippen LogP contribution in [0.25, 0.3) is 94.0 Å². The summed E-state index contributed by atoms with van der Waals surface area (Å²) in [5.74, 6) is 1.78. The van der Waals surface area contributed by atoms with Crippen molar-refractivity contribution in [2.75, 3.05) is 9.80 Å². The molecule has 14 aromatic rings. The number of nitrogens with zero attached hydrogens (tertiary/aromatic N) is 10. The van der Waals surface area contributed by atoms with Crippen LogP contribution in [0.4, 0.5) is 34.1 Å². The third-order valence-corrected chi connectivity index (χ3v) is 13.9. The van der Waals surface area contributed by atoms with E-state index in [4.69, 9.17) is 15.0 Å². The summed E-state index contributed by atoms with van der Waals surface area (Å²) in [6.45, 7) is 0. The first kappa shape index (κ1) is 43.3. The number of hydrogen-bond acceptors (Lipinski definition) is 9. The summed E-state index contributed by atoms with van der Waals surface area (Å²) in [4.78, 5) is 38.4. The topological polar surface area (TPSA) is 102 Å². The Hall–Kier alpha value is -10.5. The van der Waals surface area contributed by atoms with Crippen LogP contribution >= 0.6 is 0 Å². The number of rotatable bonds is 10. The minimum Gasteiger partial charge on any atom is -0.309 e. The van der Waals surface area contributed by atoms with Gasteiger partial charge in [0.15, 0.2) is 17.5 Å². The van der Waals surface area contributed by atoms with Crippen LogP contribution in [-0.2, 0) is 0 Å². The predicted octanol–water partition coefficient (Wildman–Crippen LogP) is 15.9. The maximum absolute atomic E-state index is 5.34. The molecule has 0 saturated heterocycles. The van der Waals surface area contributed by atoms with Crippen molar-refractivity contribution >= 4 is 88.2 Å². The van der Waals surface area contributed by atoms with Crippen LogP contribution in [0.5, 0.6) is 0 Å². The molecule has 6 heterocycles. The molecule has 0 radical (unpaired) electrons. The standard InChI is InChI=1S/C65H42N10/c1-3-20-52-43(12-1)14-8-24-56(52)64-70-63(71-65(72-64)57-25-9-15-44-13-2-4-21-53(44)57)45-16-7-17-48(38-45)75-60-27-26-49(73(46-28-34-66-35-29-46)50-18-10-32-68-41-50)39-58(60)59-40-61(54-22-5-6-23-55(54)62(59)75)74(47-30-36-67-37-31-47)51-19-11-33-69-42-51/h1-42H.